The van der Waals surface area contributed by atoms with Crippen molar-refractivity contribution in [3.05, 3.63) is 225 Å². The molecule has 0 unspecified atom stereocenters. The molecule has 2 aromatic heterocycles. The summed E-state index contributed by atoms with van der Waals surface area (Å²) in [4.78, 5) is 15.3. The van der Waals surface area contributed by atoms with Crippen LogP contribution in [0.2, 0.25) is 0 Å². The van der Waals surface area contributed by atoms with Gasteiger partial charge in [0.05, 0.1) is 16.9 Å². The average molecular weight is 836 g/mol. The third-order valence-corrected chi connectivity index (χ3v) is 13.8. The molecule has 0 N–H and O–H groups in total. The molecule has 0 fully saturated rings. The van der Waals surface area contributed by atoms with E-state index in [1.54, 1.807) is 0 Å². The van der Waals surface area contributed by atoms with Crippen LogP contribution in [0.5, 0.6) is 0 Å². The number of hydrogen-bond donors (Lipinski definition) is 0. The molecule has 0 aliphatic heterocycles. The van der Waals surface area contributed by atoms with E-state index in [9.17, 15) is 0 Å². The van der Waals surface area contributed by atoms with Gasteiger partial charge >= 0.3 is 0 Å². The van der Waals surface area contributed by atoms with E-state index in [1.165, 1.54) is 77.2 Å². The quantitative estimate of drug-likeness (QED) is 0.167. The molecular weight excluding hydrogens is 799 g/mol. The Balaban J connectivity index is 0.988. The molecule has 0 atom stereocenters. The molecule has 10 aromatic carbocycles. The van der Waals surface area contributed by atoms with Crippen LogP contribution in [-0.2, 0) is 0 Å². The van der Waals surface area contributed by atoms with E-state index in [1.807, 2.05) is 18.3 Å². The van der Waals surface area contributed by atoms with Gasteiger partial charge in [-0.1, -0.05) is 182 Å². The molecule has 0 saturated carbocycles. The fraction of sp³-hybridized carbons (Fsp3) is 0. The first kappa shape index (κ1) is 36.7. The van der Waals surface area contributed by atoms with Crippen LogP contribution in [0.3, 0.4) is 0 Å². The monoisotopic (exact) mass is 835 g/mol. The van der Waals surface area contributed by atoms with Crippen molar-refractivity contribution in [2.45, 2.75) is 0 Å². The lowest BCUT2D eigenvalue weighted by Gasteiger charge is -2.16. The van der Waals surface area contributed by atoms with Crippen LogP contribution in [0.1, 0.15) is 0 Å². The van der Waals surface area contributed by atoms with E-state index < -0.39 is 0 Å². The molecule has 2 aliphatic carbocycles. The number of benzene rings is 10. The van der Waals surface area contributed by atoms with Gasteiger partial charge in [0, 0.05) is 28.3 Å². The van der Waals surface area contributed by atoms with Crippen LogP contribution in [0.25, 0.3) is 144 Å². The third-order valence-electron chi connectivity index (χ3n) is 13.8. The zero-order valence-corrected chi connectivity index (χ0v) is 35.7. The molecule has 0 saturated heterocycles. The molecule has 0 spiro atoms. The van der Waals surface area contributed by atoms with E-state index in [4.69, 9.17) is 9.97 Å². The fourth-order valence-corrected chi connectivity index (χ4v) is 10.8. The zero-order valence-electron chi connectivity index (χ0n) is 35.7. The molecule has 0 amide bonds. The first-order valence-corrected chi connectivity index (χ1v) is 22.6. The van der Waals surface area contributed by atoms with Crippen LogP contribution in [0.15, 0.2) is 225 Å². The lowest BCUT2D eigenvalue weighted by atomic mass is 9.88. The van der Waals surface area contributed by atoms with Crippen molar-refractivity contribution >= 4 is 32.4 Å². The summed E-state index contributed by atoms with van der Waals surface area (Å²) in [6, 6.07) is 79.2. The number of hydrogen-bond acceptors (Lipinski definition) is 3. The van der Waals surface area contributed by atoms with Crippen LogP contribution < -0.4 is 0 Å². The highest BCUT2D eigenvalue weighted by atomic mass is 14.9. The number of para-hydroxylation sites is 1. The molecule has 0 radical (unpaired) electrons. The van der Waals surface area contributed by atoms with Crippen molar-refractivity contribution in [1.82, 2.24) is 15.0 Å². The highest BCUT2D eigenvalue weighted by Gasteiger charge is 2.25. The maximum Gasteiger partial charge on any atom is 0.160 e. The van der Waals surface area contributed by atoms with Gasteiger partial charge in [0.15, 0.2) is 5.82 Å². The number of aromatic nitrogens is 3. The van der Waals surface area contributed by atoms with E-state index in [2.05, 4.69) is 211 Å². The summed E-state index contributed by atoms with van der Waals surface area (Å²) in [7, 11) is 0. The topological polar surface area (TPSA) is 38.7 Å². The van der Waals surface area contributed by atoms with E-state index in [0.717, 1.165) is 61.2 Å². The SMILES string of the molecule is c1ccc(-c2nc(-c3ccc(-c4ccnc5ccccc45)cc3)cc(-c3cc(-c4ccc5c6c(cccc46)-c4ccccc4-5)cc(-c4ccc5c6c(cccc46)-c4ccccc4-5)c3)n2)cc1. The largest absolute Gasteiger partial charge is 0.256 e. The minimum Gasteiger partial charge on any atom is -0.256 e. The van der Waals surface area contributed by atoms with E-state index in [0.29, 0.717) is 5.82 Å². The van der Waals surface area contributed by atoms with Crippen molar-refractivity contribution in [1.29, 1.82) is 0 Å². The van der Waals surface area contributed by atoms with Gasteiger partial charge in [-0.3, -0.25) is 4.98 Å². The minimum atomic E-state index is 0.686. The van der Waals surface area contributed by atoms with Crippen molar-refractivity contribution in [3.8, 4) is 112 Å². The first-order valence-electron chi connectivity index (χ1n) is 22.6. The van der Waals surface area contributed by atoms with Crippen LogP contribution in [-0.4, -0.2) is 15.0 Å². The molecule has 66 heavy (non-hydrogen) atoms. The Hall–Kier alpha value is -8.79. The fourth-order valence-electron chi connectivity index (χ4n) is 10.8. The Morgan fingerprint density at radius 3 is 1.29 bits per heavy atom. The van der Waals surface area contributed by atoms with Crippen molar-refractivity contribution < 1.29 is 0 Å². The molecule has 12 aromatic rings. The number of rotatable bonds is 6. The summed E-state index contributed by atoms with van der Waals surface area (Å²) in [5.41, 5.74) is 23.0. The zero-order chi connectivity index (χ0) is 43.3. The summed E-state index contributed by atoms with van der Waals surface area (Å²) >= 11 is 0. The smallest absolute Gasteiger partial charge is 0.160 e. The molecule has 0 bridgehead atoms. The normalized spacial score (nSPS) is 11.9. The molecule has 304 valence electrons. The van der Waals surface area contributed by atoms with Crippen molar-refractivity contribution in [3.63, 3.8) is 0 Å². The Morgan fingerprint density at radius 2 is 0.682 bits per heavy atom. The summed E-state index contributed by atoms with van der Waals surface area (Å²) in [6.45, 7) is 0. The summed E-state index contributed by atoms with van der Waals surface area (Å²) in [5.74, 6) is 0.686. The second kappa shape index (κ2) is 14.4. The van der Waals surface area contributed by atoms with Crippen LogP contribution in [0.4, 0.5) is 0 Å². The van der Waals surface area contributed by atoms with Crippen molar-refractivity contribution in [2.24, 2.45) is 0 Å². The minimum absolute atomic E-state index is 0.686. The second-order valence-corrected chi connectivity index (χ2v) is 17.4. The number of fused-ring (bicyclic) bond motifs is 7. The third kappa shape index (κ3) is 5.60. The van der Waals surface area contributed by atoms with E-state index in [-0.39, 0.29) is 0 Å². The summed E-state index contributed by atoms with van der Waals surface area (Å²) in [5, 5.41) is 6.25. The molecule has 14 rings (SSSR count). The second-order valence-electron chi connectivity index (χ2n) is 17.4. The Bertz CT molecular complexity index is 3760. The lowest BCUT2D eigenvalue weighted by molar-refractivity contribution is 1.18. The van der Waals surface area contributed by atoms with Gasteiger partial charge < -0.3 is 0 Å². The Kier molecular flexibility index (Phi) is 7.98. The van der Waals surface area contributed by atoms with Gasteiger partial charge in [-0.15, -0.1) is 0 Å². The predicted molar refractivity (Wildman–Crippen MR) is 274 cm³/mol. The van der Waals surface area contributed by atoms with Gasteiger partial charge in [0.2, 0.25) is 0 Å². The standard InChI is InChI=1S/C63H37N3/c1-2-12-40(13-3-1)63-65-59(39-26-24-38(25-27-39)46-32-33-64-58-23-9-8-18-51(46)58)37-60(66-63)43-35-41(44-28-30-56-49-16-6-4-14-47(49)54-21-10-19-52(44)61(54)56)34-42(36-43)45-29-31-57-50-17-7-5-15-48(50)55-22-11-20-53(45)62(55)57/h1-37H. The molecule has 2 heterocycles. The maximum atomic E-state index is 5.41. The van der Waals surface area contributed by atoms with Gasteiger partial charge in [-0.2, -0.15) is 0 Å². The highest BCUT2D eigenvalue weighted by molar-refractivity contribution is 6.20. The van der Waals surface area contributed by atoms with Gasteiger partial charge in [0.1, 0.15) is 0 Å². The molecule has 2 aliphatic rings. The van der Waals surface area contributed by atoms with Gasteiger partial charge in [0.25, 0.3) is 0 Å². The molecular formula is C63H37N3. The maximum absolute atomic E-state index is 5.41. The van der Waals surface area contributed by atoms with Gasteiger partial charge in [-0.25, -0.2) is 9.97 Å². The first-order chi connectivity index (χ1) is 32.7. The number of pyridine rings is 1. The molecule has 3 heteroatoms. The van der Waals surface area contributed by atoms with Gasteiger partial charge in [-0.05, 0) is 136 Å². The number of nitrogens with zero attached hydrogens (tertiary/aromatic N) is 3. The lowest BCUT2D eigenvalue weighted by Crippen LogP contribution is -1.97. The Labute approximate surface area is 382 Å². The van der Waals surface area contributed by atoms with Crippen LogP contribution in [0, 0.1) is 0 Å². The van der Waals surface area contributed by atoms with E-state index >= 15 is 0 Å². The highest BCUT2D eigenvalue weighted by Crippen LogP contribution is 2.52. The summed E-state index contributed by atoms with van der Waals surface area (Å²) < 4.78 is 0. The molecule has 3 nitrogen and oxygen atoms in total. The Morgan fingerprint density at radius 1 is 0.242 bits per heavy atom. The van der Waals surface area contributed by atoms with Crippen LogP contribution >= 0.6 is 0 Å². The predicted octanol–water partition coefficient (Wildman–Crippen LogP) is 16.6. The van der Waals surface area contributed by atoms with Crippen molar-refractivity contribution in [2.75, 3.05) is 0 Å². The summed E-state index contributed by atoms with van der Waals surface area (Å²) in [6.07, 6.45) is 1.89. The average Bonchev–Trinajstić information content (AvgIpc) is 3.90.